The summed E-state index contributed by atoms with van der Waals surface area (Å²) in [5, 5.41) is 4.07. The maximum Gasteiger partial charge on any atom is 0.363 e. The number of rotatable bonds is 2. The summed E-state index contributed by atoms with van der Waals surface area (Å²) >= 11 is 0. The van der Waals surface area contributed by atoms with Gasteiger partial charge in [0.2, 0.25) is 5.90 Å². The molecule has 19 heavy (non-hydrogen) atoms. The Kier molecular flexibility index (Phi) is 1.93. The Labute approximate surface area is 111 Å². The Morgan fingerprint density at radius 1 is 1.47 bits per heavy atom. The average Bonchev–Trinajstić information content (AvgIpc) is 2.79. The van der Waals surface area contributed by atoms with E-state index in [2.05, 4.69) is 10.1 Å². The molecule has 4 aliphatic rings. The minimum atomic E-state index is -0.321. The molecule has 1 aromatic rings. The minimum absolute atomic E-state index is 0.254. The SMILES string of the molecule is CC(=C1N=C(c2ccnn2C)OC1=O)C12CC(C1)C2. The molecule has 0 spiro atoms. The molecule has 2 heterocycles. The zero-order valence-electron chi connectivity index (χ0n) is 11.0. The quantitative estimate of drug-likeness (QED) is 0.599. The lowest BCUT2D eigenvalue weighted by Gasteiger charge is -2.62. The Morgan fingerprint density at radius 3 is 2.74 bits per heavy atom. The fourth-order valence-electron chi connectivity index (χ4n) is 3.43. The van der Waals surface area contributed by atoms with E-state index in [1.165, 1.54) is 19.3 Å². The van der Waals surface area contributed by atoms with Crippen molar-refractivity contribution in [3.8, 4) is 0 Å². The van der Waals surface area contributed by atoms with Gasteiger partial charge < -0.3 is 4.74 Å². The van der Waals surface area contributed by atoms with Crippen LogP contribution in [0.2, 0.25) is 0 Å². The summed E-state index contributed by atoms with van der Waals surface area (Å²) in [4.78, 5) is 16.4. The van der Waals surface area contributed by atoms with E-state index in [-0.39, 0.29) is 11.4 Å². The van der Waals surface area contributed by atoms with Crippen LogP contribution in [-0.4, -0.2) is 21.6 Å². The highest BCUT2D eigenvalue weighted by Gasteiger charge is 2.58. The van der Waals surface area contributed by atoms with Gasteiger partial charge in [0.05, 0.1) is 0 Å². The third-order valence-corrected chi connectivity index (χ3v) is 4.83. The monoisotopic (exact) mass is 257 g/mol. The van der Waals surface area contributed by atoms with Crippen LogP contribution in [0.3, 0.4) is 0 Å². The van der Waals surface area contributed by atoms with Crippen molar-refractivity contribution < 1.29 is 9.53 Å². The number of allylic oxidation sites excluding steroid dienone is 1. The van der Waals surface area contributed by atoms with Gasteiger partial charge in [-0.25, -0.2) is 9.79 Å². The minimum Gasteiger partial charge on any atom is -0.400 e. The van der Waals surface area contributed by atoms with Crippen molar-refractivity contribution in [2.45, 2.75) is 26.2 Å². The van der Waals surface area contributed by atoms with E-state index in [9.17, 15) is 4.79 Å². The van der Waals surface area contributed by atoms with Crippen molar-refractivity contribution in [3.05, 3.63) is 29.2 Å². The van der Waals surface area contributed by atoms with Crippen LogP contribution >= 0.6 is 0 Å². The predicted octanol–water partition coefficient (Wildman–Crippen LogP) is 1.80. The molecule has 5 nitrogen and oxygen atoms in total. The van der Waals surface area contributed by atoms with Crippen molar-refractivity contribution >= 4 is 11.9 Å². The molecule has 0 atom stereocenters. The molecular weight excluding hydrogens is 242 g/mol. The van der Waals surface area contributed by atoms with Gasteiger partial charge in [0, 0.05) is 13.2 Å². The molecule has 0 aromatic carbocycles. The number of carbonyl (C=O) groups excluding carboxylic acids is 1. The molecule has 98 valence electrons. The number of aromatic nitrogens is 2. The molecule has 5 rings (SSSR count). The molecule has 1 aliphatic heterocycles. The molecule has 0 unspecified atom stereocenters. The molecule has 3 saturated carbocycles. The normalized spacial score (nSPS) is 34.3. The van der Waals surface area contributed by atoms with E-state index in [0.29, 0.717) is 11.6 Å². The predicted molar refractivity (Wildman–Crippen MR) is 68.3 cm³/mol. The van der Waals surface area contributed by atoms with Crippen molar-refractivity contribution in [3.63, 3.8) is 0 Å². The summed E-state index contributed by atoms with van der Waals surface area (Å²) < 4.78 is 6.95. The maximum absolute atomic E-state index is 12.0. The zero-order chi connectivity index (χ0) is 13.2. The number of carbonyl (C=O) groups is 1. The lowest BCUT2D eigenvalue weighted by atomic mass is 9.42. The van der Waals surface area contributed by atoms with Gasteiger partial charge in [-0.1, -0.05) is 0 Å². The lowest BCUT2D eigenvalue weighted by Crippen LogP contribution is -2.52. The van der Waals surface area contributed by atoms with Gasteiger partial charge in [-0.3, -0.25) is 4.68 Å². The largest absolute Gasteiger partial charge is 0.400 e. The van der Waals surface area contributed by atoms with Gasteiger partial charge in [0.25, 0.3) is 0 Å². The van der Waals surface area contributed by atoms with E-state index in [1.807, 2.05) is 6.92 Å². The molecule has 0 radical (unpaired) electrons. The summed E-state index contributed by atoms with van der Waals surface area (Å²) in [5.41, 5.74) is 2.60. The van der Waals surface area contributed by atoms with Gasteiger partial charge in [-0.05, 0) is 49.2 Å². The van der Waals surface area contributed by atoms with Crippen LogP contribution in [0.15, 0.2) is 28.5 Å². The molecule has 3 aliphatic carbocycles. The van der Waals surface area contributed by atoms with Crippen LogP contribution in [0.1, 0.15) is 31.9 Å². The van der Waals surface area contributed by atoms with Gasteiger partial charge in [0.15, 0.2) is 5.70 Å². The Morgan fingerprint density at radius 2 is 2.21 bits per heavy atom. The number of hydrogen-bond acceptors (Lipinski definition) is 4. The Hall–Kier alpha value is -1.91. The first-order valence-corrected chi connectivity index (χ1v) is 6.60. The highest BCUT2D eigenvalue weighted by Crippen LogP contribution is 2.68. The fraction of sp³-hybridized carbons (Fsp3) is 0.500. The van der Waals surface area contributed by atoms with Crippen LogP contribution < -0.4 is 0 Å². The van der Waals surface area contributed by atoms with E-state index in [1.54, 1.807) is 24.0 Å². The summed E-state index contributed by atoms with van der Waals surface area (Å²) in [6.45, 7) is 2.03. The molecule has 0 amide bonds. The molecule has 3 fully saturated rings. The average molecular weight is 257 g/mol. The number of cyclic esters (lactones) is 1. The van der Waals surface area contributed by atoms with Gasteiger partial charge in [-0.2, -0.15) is 5.10 Å². The Balaban J connectivity index is 1.74. The number of aliphatic imine (C=N–C) groups is 1. The van der Waals surface area contributed by atoms with Gasteiger partial charge in [0.1, 0.15) is 5.69 Å². The summed E-state index contributed by atoms with van der Waals surface area (Å²) in [7, 11) is 1.81. The van der Waals surface area contributed by atoms with Crippen LogP contribution in [0.5, 0.6) is 0 Å². The van der Waals surface area contributed by atoms with E-state index in [4.69, 9.17) is 4.74 Å². The first-order valence-electron chi connectivity index (χ1n) is 6.60. The zero-order valence-corrected chi connectivity index (χ0v) is 11.0. The molecule has 5 heteroatoms. The lowest BCUT2D eigenvalue weighted by molar-refractivity contribution is -0.130. The molecule has 2 bridgehead atoms. The van der Waals surface area contributed by atoms with Crippen LogP contribution in [-0.2, 0) is 16.6 Å². The smallest absolute Gasteiger partial charge is 0.363 e. The number of ether oxygens (including phenoxy) is 1. The summed E-state index contributed by atoms with van der Waals surface area (Å²) in [6.07, 6.45) is 5.31. The van der Waals surface area contributed by atoms with Crippen LogP contribution in [0, 0.1) is 11.3 Å². The highest BCUT2D eigenvalue weighted by atomic mass is 16.6. The molecular formula is C14H15N3O2. The van der Waals surface area contributed by atoms with Crippen LogP contribution in [0.25, 0.3) is 0 Å². The van der Waals surface area contributed by atoms with Crippen molar-refractivity contribution in [1.82, 2.24) is 9.78 Å². The van der Waals surface area contributed by atoms with Gasteiger partial charge >= 0.3 is 5.97 Å². The third kappa shape index (κ3) is 1.33. The topological polar surface area (TPSA) is 56.5 Å². The van der Waals surface area contributed by atoms with E-state index in [0.717, 1.165) is 17.2 Å². The number of esters is 1. The maximum atomic E-state index is 12.0. The Bertz CT molecular complexity index is 636. The second-order valence-electron chi connectivity index (χ2n) is 5.88. The molecule has 0 saturated heterocycles. The highest BCUT2D eigenvalue weighted by molar-refractivity contribution is 6.10. The number of nitrogens with zero attached hydrogens (tertiary/aromatic N) is 3. The summed E-state index contributed by atoms with van der Waals surface area (Å²) in [6, 6.07) is 1.80. The van der Waals surface area contributed by atoms with Crippen LogP contribution in [0.4, 0.5) is 0 Å². The second kappa shape index (κ2) is 3.35. The van der Waals surface area contributed by atoms with Crippen molar-refractivity contribution in [2.75, 3.05) is 0 Å². The fourth-order valence-corrected chi connectivity index (χ4v) is 3.43. The molecule has 0 N–H and O–H groups in total. The first kappa shape index (κ1) is 11.0. The molecule has 1 aromatic heterocycles. The van der Waals surface area contributed by atoms with Crippen molar-refractivity contribution in [2.24, 2.45) is 23.4 Å². The summed E-state index contributed by atoms with van der Waals surface area (Å²) in [5.74, 6) is 0.929. The first-order chi connectivity index (χ1) is 9.09. The van der Waals surface area contributed by atoms with Crippen molar-refractivity contribution in [1.29, 1.82) is 0 Å². The van der Waals surface area contributed by atoms with Gasteiger partial charge in [-0.15, -0.1) is 0 Å². The second-order valence-corrected chi connectivity index (χ2v) is 5.88. The number of hydrogen-bond donors (Lipinski definition) is 0. The van der Waals surface area contributed by atoms with E-state index < -0.39 is 0 Å². The third-order valence-electron chi connectivity index (χ3n) is 4.83. The number of aryl methyl sites for hydroxylation is 1. The standard InChI is InChI=1S/C14H15N3O2/c1-8(14-5-9(6-14)7-14)11-13(18)19-12(16-11)10-3-4-15-17(10)2/h3-4,9H,5-7H2,1-2H3. The van der Waals surface area contributed by atoms with E-state index >= 15 is 0 Å².